The van der Waals surface area contributed by atoms with Crippen molar-refractivity contribution in [3.8, 4) is 17.1 Å². The maximum atomic E-state index is 13.9. The summed E-state index contributed by atoms with van der Waals surface area (Å²) in [6.07, 6.45) is 3.12. The number of urea groups is 1. The molecule has 4 rings (SSSR count). The summed E-state index contributed by atoms with van der Waals surface area (Å²) in [6, 6.07) is 15.6. The molecule has 1 aromatic heterocycles. The highest BCUT2D eigenvalue weighted by atomic mass is 19.1. The first kappa shape index (κ1) is 23.6. The standard InChI is InChI=1S/C26H23F2N5O2/c1-16-4-12-23(35-3)22(14-16)30-26(34)29-20-10-6-18(7-11-20)25-32-31-24(33(25)2)13-8-17-5-9-19(27)15-21(17)28/h4-15H,1-3H3,(H2,29,30,34)/b13-8+. The topological polar surface area (TPSA) is 81.1 Å². The molecule has 0 aliphatic carbocycles. The molecule has 0 aliphatic rings. The highest BCUT2D eigenvalue weighted by Crippen LogP contribution is 2.26. The molecule has 0 unspecified atom stereocenters. The van der Waals surface area contributed by atoms with Crippen molar-refractivity contribution in [2.45, 2.75) is 6.92 Å². The van der Waals surface area contributed by atoms with E-state index < -0.39 is 17.7 Å². The fourth-order valence-electron chi connectivity index (χ4n) is 3.45. The molecule has 2 N–H and O–H groups in total. The smallest absolute Gasteiger partial charge is 0.323 e. The molecule has 7 nitrogen and oxygen atoms in total. The van der Waals surface area contributed by atoms with E-state index in [0.29, 0.717) is 28.8 Å². The largest absolute Gasteiger partial charge is 0.495 e. The highest BCUT2D eigenvalue weighted by Gasteiger charge is 2.11. The molecule has 9 heteroatoms. The van der Waals surface area contributed by atoms with Crippen molar-refractivity contribution in [2.24, 2.45) is 7.05 Å². The fraction of sp³-hybridized carbons (Fsp3) is 0.115. The predicted octanol–water partition coefficient (Wildman–Crippen LogP) is 5.89. The Hall–Kier alpha value is -4.53. The Balaban J connectivity index is 1.44. The van der Waals surface area contributed by atoms with E-state index in [9.17, 15) is 13.6 Å². The van der Waals surface area contributed by atoms with E-state index in [2.05, 4.69) is 20.8 Å². The van der Waals surface area contributed by atoms with E-state index in [4.69, 9.17) is 4.74 Å². The van der Waals surface area contributed by atoms with Gasteiger partial charge in [0.05, 0.1) is 12.8 Å². The minimum Gasteiger partial charge on any atom is -0.495 e. The summed E-state index contributed by atoms with van der Waals surface area (Å²) >= 11 is 0. The van der Waals surface area contributed by atoms with Gasteiger partial charge in [0, 0.05) is 29.9 Å². The van der Waals surface area contributed by atoms with Gasteiger partial charge in [-0.3, -0.25) is 0 Å². The molecule has 0 fully saturated rings. The number of methoxy groups -OCH3 is 1. The zero-order chi connectivity index (χ0) is 24.9. The molecule has 0 atom stereocenters. The van der Waals surface area contributed by atoms with Crippen molar-refractivity contribution >= 4 is 29.6 Å². The Morgan fingerprint density at radius 1 is 0.971 bits per heavy atom. The summed E-state index contributed by atoms with van der Waals surface area (Å²) < 4.78 is 34.0. The van der Waals surface area contributed by atoms with Crippen LogP contribution < -0.4 is 15.4 Å². The van der Waals surface area contributed by atoms with E-state index in [1.54, 1.807) is 55.1 Å². The van der Waals surface area contributed by atoms with Crippen molar-refractivity contribution in [3.05, 3.63) is 89.2 Å². The second-order valence-electron chi connectivity index (χ2n) is 7.80. The molecule has 0 saturated carbocycles. The molecule has 0 aliphatic heterocycles. The van der Waals surface area contributed by atoms with Crippen molar-refractivity contribution in [3.63, 3.8) is 0 Å². The third-order valence-corrected chi connectivity index (χ3v) is 5.29. The molecule has 0 saturated heterocycles. The van der Waals surface area contributed by atoms with Gasteiger partial charge in [-0.05, 0) is 73.2 Å². The van der Waals surface area contributed by atoms with E-state index in [0.717, 1.165) is 17.2 Å². The number of amides is 2. The monoisotopic (exact) mass is 475 g/mol. The number of carbonyl (C=O) groups excluding carboxylic acids is 1. The second kappa shape index (κ2) is 10.2. The zero-order valence-corrected chi connectivity index (χ0v) is 19.3. The number of anilines is 2. The highest BCUT2D eigenvalue weighted by molar-refractivity contribution is 6.00. The van der Waals surface area contributed by atoms with Crippen molar-refractivity contribution < 1.29 is 18.3 Å². The van der Waals surface area contributed by atoms with Gasteiger partial charge < -0.3 is 19.9 Å². The van der Waals surface area contributed by atoms with Gasteiger partial charge in [0.25, 0.3) is 0 Å². The van der Waals surface area contributed by atoms with Gasteiger partial charge in [-0.1, -0.05) is 6.07 Å². The summed E-state index contributed by atoms with van der Waals surface area (Å²) in [7, 11) is 3.33. The first-order chi connectivity index (χ1) is 16.8. The SMILES string of the molecule is COc1ccc(C)cc1NC(=O)Nc1ccc(-c2nnc(/C=C/c3ccc(F)cc3F)n2C)cc1. The van der Waals surface area contributed by atoms with Crippen LogP contribution in [-0.2, 0) is 7.05 Å². The maximum absolute atomic E-state index is 13.9. The first-order valence-corrected chi connectivity index (χ1v) is 10.7. The summed E-state index contributed by atoms with van der Waals surface area (Å²) in [6.45, 7) is 1.93. The van der Waals surface area contributed by atoms with Crippen LogP contribution in [0.3, 0.4) is 0 Å². The minimum absolute atomic E-state index is 0.243. The Kier molecular flexibility index (Phi) is 6.86. The number of halogens is 2. The lowest BCUT2D eigenvalue weighted by molar-refractivity contribution is 0.262. The van der Waals surface area contributed by atoms with Crippen LogP contribution in [0, 0.1) is 18.6 Å². The number of nitrogens with one attached hydrogen (secondary N) is 2. The molecular formula is C26H23F2N5O2. The van der Waals surface area contributed by atoms with Crippen molar-refractivity contribution in [1.82, 2.24) is 14.8 Å². The third kappa shape index (κ3) is 5.52. The number of hydrogen-bond acceptors (Lipinski definition) is 4. The van der Waals surface area contributed by atoms with Gasteiger partial charge in [0.15, 0.2) is 11.6 Å². The molecule has 0 spiro atoms. The summed E-state index contributed by atoms with van der Waals surface area (Å²) in [4.78, 5) is 12.4. The molecule has 2 amide bonds. The number of aromatic nitrogens is 3. The summed E-state index contributed by atoms with van der Waals surface area (Å²) in [5.41, 5.74) is 3.17. The third-order valence-electron chi connectivity index (χ3n) is 5.29. The number of aryl methyl sites for hydroxylation is 1. The van der Waals surface area contributed by atoms with Gasteiger partial charge >= 0.3 is 6.03 Å². The van der Waals surface area contributed by atoms with Crippen LogP contribution in [0.1, 0.15) is 17.0 Å². The molecule has 4 aromatic rings. The molecule has 35 heavy (non-hydrogen) atoms. The molecule has 1 heterocycles. The number of rotatable bonds is 6. The molecule has 178 valence electrons. The van der Waals surface area contributed by atoms with Gasteiger partial charge in [0.2, 0.25) is 0 Å². The number of nitrogens with zero attached hydrogens (tertiary/aromatic N) is 3. The van der Waals surface area contributed by atoms with Gasteiger partial charge in [0.1, 0.15) is 17.4 Å². The summed E-state index contributed by atoms with van der Waals surface area (Å²) in [5.74, 6) is 0.361. The lowest BCUT2D eigenvalue weighted by Crippen LogP contribution is -2.19. The Bertz CT molecular complexity index is 1400. The lowest BCUT2D eigenvalue weighted by atomic mass is 10.2. The normalized spacial score (nSPS) is 11.0. The number of carbonyl (C=O) groups is 1. The number of ether oxygens (including phenoxy) is 1. The van der Waals surface area contributed by atoms with Crippen LogP contribution >= 0.6 is 0 Å². The van der Waals surface area contributed by atoms with Crippen LogP contribution in [0.15, 0.2) is 60.7 Å². The van der Waals surface area contributed by atoms with E-state index in [-0.39, 0.29) is 5.56 Å². The average molecular weight is 475 g/mol. The van der Waals surface area contributed by atoms with Crippen LogP contribution in [0.2, 0.25) is 0 Å². The minimum atomic E-state index is -0.656. The van der Waals surface area contributed by atoms with Gasteiger partial charge in [-0.25, -0.2) is 13.6 Å². The number of hydrogen-bond donors (Lipinski definition) is 2. The van der Waals surface area contributed by atoms with Crippen molar-refractivity contribution in [2.75, 3.05) is 17.7 Å². The first-order valence-electron chi connectivity index (χ1n) is 10.7. The fourth-order valence-corrected chi connectivity index (χ4v) is 3.45. The molecule has 0 bridgehead atoms. The average Bonchev–Trinajstić information content (AvgIpc) is 3.19. The quantitative estimate of drug-likeness (QED) is 0.364. The van der Waals surface area contributed by atoms with E-state index in [1.807, 2.05) is 19.1 Å². The second-order valence-corrected chi connectivity index (χ2v) is 7.80. The molecule has 0 radical (unpaired) electrons. The number of benzene rings is 3. The Morgan fingerprint density at radius 3 is 2.46 bits per heavy atom. The van der Waals surface area contributed by atoms with Crippen LogP contribution in [0.5, 0.6) is 5.75 Å². The van der Waals surface area contributed by atoms with Crippen LogP contribution in [0.25, 0.3) is 23.5 Å². The predicted molar refractivity (Wildman–Crippen MR) is 132 cm³/mol. The Morgan fingerprint density at radius 2 is 1.74 bits per heavy atom. The van der Waals surface area contributed by atoms with E-state index >= 15 is 0 Å². The van der Waals surface area contributed by atoms with Crippen LogP contribution in [-0.4, -0.2) is 27.9 Å². The van der Waals surface area contributed by atoms with E-state index in [1.165, 1.54) is 18.2 Å². The zero-order valence-electron chi connectivity index (χ0n) is 19.3. The van der Waals surface area contributed by atoms with Crippen LogP contribution in [0.4, 0.5) is 25.0 Å². The van der Waals surface area contributed by atoms with Crippen molar-refractivity contribution in [1.29, 1.82) is 0 Å². The Labute approximate surface area is 201 Å². The maximum Gasteiger partial charge on any atom is 0.323 e. The lowest BCUT2D eigenvalue weighted by Gasteiger charge is -2.12. The van der Waals surface area contributed by atoms with Gasteiger partial charge in [-0.15, -0.1) is 10.2 Å². The molecule has 3 aromatic carbocycles. The summed E-state index contributed by atoms with van der Waals surface area (Å²) in [5, 5.41) is 13.9. The molecular weight excluding hydrogens is 452 g/mol. The van der Waals surface area contributed by atoms with Gasteiger partial charge in [-0.2, -0.15) is 0 Å².